The summed E-state index contributed by atoms with van der Waals surface area (Å²) in [5, 5.41) is 2.80. The number of carbonyl (C=O) groups excluding carboxylic acids is 1. The largest absolute Gasteiger partial charge is 0.333 e. The van der Waals surface area contributed by atoms with Gasteiger partial charge in [0, 0.05) is 24.6 Å². The lowest BCUT2D eigenvalue weighted by Crippen LogP contribution is -2.42. The Bertz CT molecular complexity index is 702. The van der Waals surface area contributed by atoms with Crippen LogP contribution in [-0.2, 0) is 17.3 Å². The first-order valence-electron chi connectivity index (χ1n) is 6.13. The van der Waals surface area contributed by atoms with Crippen LogP contribution >= 0.6 is 0 Å². The molecule has 102 valence electrons. The highest BCUT2D eigenvalue weighted by molar-refractivity contribution is 7.84. The van der Waals surface area contributed by atoms with Crippen LogP contribution in [0, 0.1) is 0 Å². The highest BCUT2D eigenvalue weighted by Gasteiger charge is 2.28. The van der Waals surface area contributed by atoms with Gasteiger partial charge in [-0.2, -0.15) is 0 Å². The second-order valence-electron chi connectivity index (χ2n) is 4.40. The normalized spacial score (nSPS) is 15.4. The third kappa shape index (κ3) is 2.08. The second-order valence-corrected chi connectivity index (χ2v) is 5.75. The molecule has 1 aliphatic rings. The topological polar surface area (TPSA) is 62.3 Å². The predicted octanol–water partition coefficient (Wildman–Crippen LogP) is 2.18. The first-order chi connectivity index (χ1) is 9.68. The van der Waals surface area contributed by atoms with E-state index in [9.17, 15) is 9.00 Å². The Morgan fingerprint density at radius 3 is 2.85 bits per heavy atom. The summed E-state index contributed by atoms with van der Waals surface area (Å²) in [6.45, 7) is 0.454. The molecule has 0 radical (unpaired) electrons. The van der Waals surface area contributed by atoms with Gasteiger partial charge < -0.3 is 5.32 Å². The summed E-state index contributed by atoms with van der Waals surface area (Å²) >= 11 is 0. The summed E-state index contributed by atoms with van der Waals surface area (Å²) in [6.07, 6.45) is 3.25. The number of nitrogens with zero attached hydrogens (tertiary/aromatic N) is 2. The van der Waals surface area contributed by atoms with Gasteiger partial charge >= 0.3 is 6.03 Å². The third-order valence-electron chi connectivity index (χ3n) is 3.13. The number of rotatable bonds is 2. The lowest BCUT2D eigenvalue weighted by Gasteiger charge is -2.29. The van der Waals surface area contributed by atoms with E-state index in [2.05, 4.69) is 10.3 Å². The summed E-state index contributed by atoms with van der Waals surface area (Å²) in [4.78, 5) is 18.6. The highest BCUT2D eigenvalue weighted by atomic mass is 32.2. The maximum Gasteiger partial charge on any atom is 0.328 e. The van der Waals surface area contributed by atoms with Crippen molar-refractivity contribution < 1.29 is 9.00 Å². The number of para-hydroxylation sites is 1. The van der Waals surface area contributed by atoms with Crippen LogP contribution in [0.4, 0.5) is 16.3 Å². The molecule has 5 nitrogen and oxygen atoms in total. The fourth-order valence-corrected chi connectivity index (χ4v) is 2.95. The Kier molecular flexibility index (Phi) is 3.23. The van der Waals surface area contributed by atoms with Gasteiger partial charge in [0.05, 0.1) is 21.4 Å². The van der Waals surface area contributed by atoms with Crippen LogP contribution in [0.3, 0.4) is 0 Å². The van der Waals surface area contributed by atoms with Gasteiger partial charge in [0.15, 0.2) is 0 Å². The van der Waals surface area contributed by atoms with Crippen molar-refractivity contribution in [3.63, 3.8) is 0 Å². The summed E-state index contributed by atoms with van der Waals surface area (Å²) < 4.78 is 11.9. The Morgan fingerprint density at radius 2 is 2.05 bits per heavy atom. The van der Waals surface area contributed by atoms with Gasteiger partial charge in [-0.15, -0.1) is 0 Å². The summed E-state index contributed by atoms with van der Waals surface area (Å²) in [5.74, 6) is 0.592. The van der Waals surface area contributed by atoms with Crippen molar-refractivity contribution in [1.29, 1.82) is 0 Å². The molecule has 20 heavy (non-hydrogen) atoms. The molecule has 2 heterocycles. The lowest BCUT2D eigenvalue weighted by molar-refractivity contribution is 0.246. The molecule has 0 aliphatic carbocycles. The third-order valence-corrected chi connectivity index (χ3v) is 4.09. The SMILES string of the molecule is CS(=O)c1ccccc1N1C(=O)NCc2cccnc21. The van der Waals surface area contributed by atoms with Gasteiger partial charge in [-0.1, -0.05) is 18.2 Å². The van der Waals surface area contributed by atoms with Gasteiger partial charge in [-0.3, -0.25) is 4.21 Å². The monoisotopic (exact) mass is 287 g/mol. The number of benzene rings is 1. The van der Waals surface area contributed by atoms with Crippen LogP contribution < -0.4 is 10.2 Å². The van der Waals surface area contributed by atoms with Crippen molar-refractivity contribution in [1.82, 2.24) is 10.3 Å². The highest BCUT2D eigenvalue weighted by Crippen LogP contribution is 2.33. The van der Waals surface area contributed by atoms with Crippen LogP contribution in [-0.4, -0.2) is 21.5 Å². The van der Waals surface area contributed by atoms with E-state index in [0.29, 0.717) is 22.9 Å². The van der Waals surface area contributed by atoms with Crippen molar-refractivity contribution in [2.45, 2.75) is 11.4 Å². The summed E-state index contributed by atoms with van der Waals surface area (Å²) in [7, 11) is -1.18. The molecule has 0 spiro atoms. The molecule has 2 amide bonds. The minimum absolute atomic E-state index is 0.255. The average Bonchev–Trinajstić information content (AvgIpc) is 2.47. The lowest BCUT2D eigenvalue weighted by atomic mass is 10.2. The molecule has 6 heteroatoms. The minimum atomic E-state index is -1.18. The molecule has 1 aromatic heterocycles. The number of aromatic nitrogens is 1. The molecule has 1 unspecified atom stereocenters. The maximum absolute atomic E-state index is 12.2. The average molecular weight is 287 g/mol. The van der Waals surface area contributed by atoms with E-state index in [-0.39, 0.29) is 6.03 Å². The first-order valence-corrected chi connectivity index (χ1v) is 7.68. The Hall–Kier alpha value is -2.21. The molecule has 1 atom stereocenters. The van der Waals surface area contributed by atoms with E-state index in [1.165, 1.54) is 4.90 Å². The number of hydrogen-bond acceptors (Lipinski definition) is 3. The van der Waals surface area contributed by atoms with Crippen molar-refractivity contribution >= 4 is 28.3 Å². The molecule has 1 aromatic carbocycles. The van der Waals surface area contributed by atoms with Crippen LogP contribution in [0.5, 0.6) is 0 Å². The molecule has 1 N–H and O–H groups in total. The molecular formula is C14H13N3O2S. The van der Waals surface area contributed by atoms with E-state index >= 15 is 0 Å². The summed E-state index contributed by atoms with van der Waals surface area (Å²) in [6, 6.07) is 10.7. The minimum Gasteiger partial charge on any atom is -0.333 e. The molecule has 0 bridgehead atoms. The smallest absolute Gasteiger partial charge is 0.328 e. The number of amides is 2. The fraction of sp³-hybridized carbons (Fsp3) is 0.143. The van der Waals surface area contributed by atoms with Crippen LogP contribution in [0.1, 0.15) is 5.56 Å². The number of hydrogen-bond donors (Lipinski definition) is 1. The second kappa shape index (κ2) is 5.05. The summed E-state index contributed by atoms with van der Waals surface area (Å²) in [5.41, 5.74) is 1.54. The number of pyridine rings is 1. The molecular weight excluding hydrogens is 274 g/mol. The van der Waals surface area contributed by atoms with E-state index in [1.54, 1.807) is 30.7 Å². The van der Waals surface area contributed by atoms with E-state index < -0.39 is 10.8 Å². The zero-order chi connectivity index (χ0) is 14.1. The Labute approximate surface area is 119 Å². The van der Waals surface area contributed by atoms with Crippen molar-refractivity contribution in [2.24, 2.45) is 0 Å². The number of anilines is 2. The first kappa shape index (κ1) is 12.8. The molecule has 1 aliphatic heterocycles. The van der Waals surface area contributed by atoms with Crippen LogP contribution in [0.25, 0.3) is 0 Å². The standard InChI is InChI=1S/C14H13N3O2S/c1-20(19)12-7-3-2-6-11(12)17-13-10(5-4-8-15-13)9-16-14(17)18/h2-8H,9H2,1H3,(H,16,18). The number of nitrogens with one attached hydrogen (secondary N) is 1. The fourth-order valence-electron chi connectivity index (χ4n) is 2.22. The van der Waals surface area contributed by atoms with Gasteiger partial charge in [-0.25, -0.2) is 14.7 Å². The van der Waals surface area contributed by atoms with Crippen molar-refractivity contribution in [3.8, 4) is 0 Å². The zero-order valence-electron chi connectivity index (χ0n) is 10.9. The van der Waals surface area contributed by atoms with Crippen LogP contribution in [0.2, 0.25) is 0 Å². The van der Waals surface area contributed by atoms with Crippen LogP contribution in [0.15, 0.2) is 47.5 Å². The molecule has 2 aromatic rings. The van der Waals surface area contributed by atoms with Gasteiger partial charge in [0.1, 0.15) is 5.82 Å². The molecule has 0 saturated carbocycles. The predicted molar refractivity (Wildman–Crippen MR) is 77.4 cm³/mol. The number of urea groups is 1. The number of fused-ring (bicyclic) bond motifs is 1. The van der Waals surface area contributed by atoms with Crippen molar-refractivity contribution in [2.75, 3.05) is 11.2 Å². The quantitative estimate of drug-likeness (QED) is 0.921. The van der Waals surface area contributed by atoms with Gasteiger partial charge in [0.2, 0.25) is 0 Å². The Morgan fingerprint density at radius 1 is 1.25 bits per heavy atom. The zero-order valence-corrected chi connectivity index (χ0v) is 11.7. The molecule has 0 fully saturated rings. The Balaban J connectivity index is 2.19. The van der Waals surface area contributed by atoms with Gasteiger partial charge in [0.25, 0.3) is 0 Å². The number of carbonyl (C=O) groups is 1. The maximum atomic E-state index is 12.2. The van der Waals surface area contributed by atoms with E-state index in [4.69, 9.17) is 0 Å². The molecule has 3 rings (SSSR count). The van der Waals surface area contributed by atoms with Crippen molar-refractivity contribution in [3.05, 3.63) is 48.2 Å². The van der Waals surface area contributed by atoms with Gasteiger partial charge in [-0.05, 0) is 18.2 Å². The van der Waals surface area contributed by atoms with E-state index in [0.717, 1.165) is 5.56 Å². The van der Waals surface area contributed by atoms with E-state index in [1.807, 2.05) is 18.2 Å². The molecule has 0 saturated heterocycles.